The largest absolute Gasteiger partial charge is 0.352 e. The number of carbonyl (C=O) groups is 1. The maximum atomic E-state index is 12.9. The van der Waals surface area contributed by atoms with Crippen LogP contribution in [-0.2, 0) is 4.79 Å². The molecule has 25 heavy (non-hydrogen) atoms. The van der Waals surface area contributed by atoms with Crippen LogP contribution in [0.1, 0.15) is 33.3 Å². The molecule has 0 bridgehead atoms. The van der Waals surface area contributed by atoms with Crippen LogP contribution in [0.25, 0.3) is 0 Å². The zero-order valence-electron chi connectivity index (χ0n) is 15.5. The van der Waals surface area contributed by atoms with Gasteiger partial charge in [0.1, 0.15) is 11.9 Å². The molecule has 2 fully saturated rings. The summed E-state index contributed by atoms with van der Waals surface area (Å²) in [4.78, 5) is 21.4. The molecule has 0 spiro atoms. The number of rotatable bonds is 3. The van der Waals surface area contributed by atoms with Gasteiger partial charge in [-0.3, -0.25) is 4.79 Å². The van der Waals surface area contributed by atoms with Gasteiger partial charge in [-0.1, -0.05) is 25.5 Å². The molecule has 0 radical (unpaired) electrons. The van der Waals surface area contributed by atoms with E-state index in [2.05, 4.69) is 49.7 Å². The predicted molar refractivity (Wildman–Crippen MR) is 97.9 cm³/mol. The summed E-state index contributed by atoms with van der Waals surface area (Å²) in [7, 11) is 0. The summed E-state index contributed by atoms with van der Waals surface area (Å²) in [6.45, 7) is 11.4. The lowest BCUT2D eigenvalue weighted by Crippen LogP contribution is -2.50. The quantitative estimate of drug-likeness (QED) is 0.795. The molecule has 0 N–H and O–H groups in total. The van der Waals surface area contributed by atoms with Crippen LogP contribution in [0.5, 0.6) is 0 Å². The molecule has 0 aromatic carbocycles. The minimum atomic E-state index is 0.0560. The summed E-state index contributed by atoms with van der Waals surface area (Å²) in [6.07, 6.45) is 3.95. The smallest absolute Gasteiger partial charge is 0.226 e. The maximum Gasteiger partial charge on any atom is 0.226 e. The molecule has 1 saturated carbocycles. The third-order valence-corrected chi connectivity index (χ3v) is 5.49. The number of hydrogen-bond acceptors (Lipinski definition) is 4. The summed E-state index contributed by atoms with van der Waals surface area (Å²) in [6, 6.07) is 5.77. The Kier molecular flexibility index (Phi) is 4.55. The first-order valence-electron chi connectivity index (χ1n) is 8.90. The van der Waals surface area contributed by atoms with E-state index in [1.807, 2.05) is 4.90 Å². The highest BCUT2D eigenvalue weighted by Crippen LogP contribution is 2.60. The Balaban J connectivity index is 1.64. The highest BCUT2D eigenvalue weighted by molar-refractivity contribution is 5.84. The number of hydrogen-bond donors (Lipinski definition) is 0. The number of anilines is 1. The van der Waals surface area contributed by atoms with Crippen molar-refractivity contribution in [3.05, 3.63) is 35.5 Å². The summed E-state index contributed by atoms with van der Waals surface area (Å²) < 4.78 is 0. The molecule has 2 atom stereocenters. The zero-order chi connectivity index (χ0) is 18.2. The predicted octanol–water partition coefficient (Wildman–Crippen LogP) is 2.84. The fourth-order valence-electron chi connectivity index (χ4n) is 3.89. The minimum absolute atomic E-state index is 0.0560. The van der Waals surface area contributed by atoms with Crippen molar-refractivity contribution < 1.29 is 4.79 Å². The van der Waals surface area contributed by atoms with Crippen LogP contribution < -0.4 is 4.90 Å². The van der Waals surface area contributed by atoms with E-state index in [4.69, 9.17) is 0 Å². The van der Waals surface area contributed by atoms with Crippen molar-refractivity contribution in [2.75, 3.05) is 31.1 Å². The van der Waals surface area contributed by atoms with Gasteiger partial charge >= 0.3 is 0 Å². The Morgan fingerprint density at radius 3 is 2.60 bits per heavy atom. The van der Waals surface area contributed by atoms with Crippen LogP contribution in [0, 0.1) is 28.6 Å². The van der Waals surface area contributed by atoms with Crippen molar-refractivity contribution >= 4 is 11.7 Å². The number of nitriles is 1. The number of allylic oxidation sites excluding steroid dienone is 2. The Morgan fingerprint density at radius 1 is 1.32 bits per heavy atom. The van der Waals surface area contributed by atoms with Gasteiger partial charge in [0, 0.05) is 32.4 Å². The molecule has 1 aromatic rings. The number of amides is 1. The molecule has 1 aliphatic carbocycles. The van der Waals surface area contributed by atoms with Gasteiger partial charge in [0.15, 0.2) is 0 Å². The van der Waals surface area contributed by atoms with Crippen LogP contribution in [0.4, 0.5) is 5.82 Å². The summed E-state index contributed by atoms with van der Waals surface area (Å²) in [5.41, 5.74) is 1.92. The Hall–Kier alpha value is -2.35. The van der Waals surface area contributed by atoms with Crippen molar-refractivity contribution in [1.29, 1.82) is 5.26 Å². The maximum absolute atomic E-state index is 12.9. The van der Waals surface area contributed by atoms with Gasteiger partial charge in [0.05, 0.1) is 11.5 Å². The third-order valence-electron chi connectivity index (χ3n) is 5.49. The molecule has 2 aliphatic rings. The van der Waals surface area contributed by atoms with Gasteiger partial charge < -0.3 is 9.80 Å². The lowest BCUT2D eigenvalue weighted by Gasteiger charge is -2.36. The molecule has 3 rings (SSSR count). The van der Waals surface area contributed by atoms with Gasteiger partial charge in [-0.25, -0.2) is 4.98 Å². The Morgan fingerprint density at radius 2 is 2.00 bits per heavy atom. The number of piperazine rings is 1. The van der Waals surface area contributed by atoms with Gasteiger partial charge in [-0.05, 0) is 37.3 Å². The zero-order valence-corrected chi connectivity index (χ0v) is 15.5. The van der Waals surface area contributed by atoms with Crippen LogP contribution in [0.2, 0.25) is 0 Å². The second-order valence-electron chi connectivity index (χ2n) is 7.87. The second kappa shape index (κ2) is 6.51. The Bertz CT molecular complexity index is 734. The fourth-order valence-corrected chi connectivity index (χ4v) is 3.89. The van der Waals surface area contributed by atoms with E-state index < -0.39 is 0 Å². The van der Waals surface area contributed by atoms with E-state index in [9.17, 15) is 10.1 Å². The molecule has 5 nitrogen and oxygen atoms in total. The fraction of sp³-hybridized carbons (Fsp3) is 0.550. The van der Waals surface area contributed by atoms with Gasteiger partial charge in [-0.15, -0.1) is 0 Å². The first kappa shape index (κ1) is 17.5. The van der Waals surface area contributed by atoms with Gasteiger partial charge in [0.2, 0.25) is 5.91 Å². The highest BCUT2D eigenvalue weighted by atomic mass is 16.2. The number of carbonyl (C=O) groups excluding carboxylic acids is 1. The third kappa shape index (κ3) is 3.26. The molecule has 5 heteroatoms. The van der Waals surface area contributed by atoms with Crippen molar-refractivity contribution in [3.8, 4) is 6.07 Å². The topological polar surface area (TPSA) is 60.2 Å². The van der Waals surface area contributed by atoms with Gasteiger partial charge in [-0.2, -0.15) is 5.26 Å². The second-order valence-corrected chi connectivity index (χ2v) is 7.87. The average Bonchev–Trinajstić information content (AvgIpc) is 3.13. The van der Waals surface area contributed by atoms with Crippen LogP contribution in [0.15, 0.2) is 30.0 Å². The van der Waals surface area contributed by atoms with E-state index in [0.717, 1.165) is 18.9 Å². The van der Waals surface area contributed by atoms with Crippen molar-refractivity contribution in [3.63, 3.8) is 0 Å². The van der Waals surface area contributed by atoms with Crippen molar-refractivity contribution in [1.82, 2.24) is 9.88 Å². The van der Waals surface area contributed by atoms with Crippen LogP contribution >= 0.6 is 0 Å². The minimum Gasteiger partial charge on any atom is -0.352 e. The van der Waals surface area contributed by atoms with Crippen LogP contribution in [0.3, 0.4) is 0 Å². The van der Waals surface area contributed by atoms with Crippen molar-refractivity contribution in [2.24, 2.45) is 17.3 Å². The van der Waals surface area contributed by atoms with E-state index in [1.54, 1.807) is 18.3 Å². The molecular formula is C20H26N4O. The first-order valence-corrected chi connectivity index (χ1v) is 8.90. The summed E-state index contributed by atoms with van der Waals surface area (Å²) in [5.74, 6) is 1.45. The SMILES string of the molecule is CC(C)=CC1C(C(=O)N2CCN(c3ncccc3C#N)CC2)C1(C)C. The molecule has 2 heterocycles. The van der Waals surface area contributed by atoms with Crippen molar-refractivity contribution in [2.45, 2.75) is 27.7 Å². The average molecular weight is 338 g/mol. The van der Waals surface area contributed by atoms with Gasteiger partial charge in [0.25, 0.3) is 0 Å². The molecular weight excluding hydrogens is 312 g/mol. The van der Waals surface area contributed by atoms with Crippen LogP contribution in [-0.4, -0.2) is 42.0 Å². The molecule has 1 saturated heterocycles. The standard InChI is InChI=1S/C20H26N4O/c1-14(2)12-16-17(20(16,3)4)19(25)24-10-8-23(9-11-24)18-15(13-21)6-5-7-22-18/h5-7,12,16-17H,8-11H2,1-4H3. The van der Waals surface area contributed by atoms with E-state index in [0.29, 0.717) is 24.6 Å². The number of aromatic nitrogens is 1. The number of nitrogens with zero attached hydrogens (tertiary/aromatic N) is 4. The summed E-state index contributed by atoms with van der Waals surface area (Å²) in [5, 5.41) is 9.24. The summed E-state index contributed by atoms with van der Waals surface area (Å²) >= 11 is 0. The lowest BCUT2D eigenvalue weighted by atomic mass is 10.1. The normalized spacial score (nSPS) is 24.4. The lowest BCUT2D eigenvalue weighted by molar-refractivity contribution is -0.133. The first-order chi connectivity index (χ1) is 11.9. The monoisotopic (exact) mass is 338 g/mol. The highest BCUT2D eigenvalue weighted by Gasteiger charge is 2.61. The molecule has 1 aliphatic heterocycles. The van der Waals surface area contributed by atoms with E-state index in [-0.39, 0.29) is 17.2 Å². The van der Waals surface area contributed by atoms with E-state index >= 15 is 0 Å². The molecule has 1 amide bonds. The molecule has 2 unspecified atom stereocenters. The number of pyridine rings is 1. The Labute approximate surface area is 149 Å². The van der Waals surface area contributed by atoms with E-state index in [1.165, 1.54) is 5.57 Å². The molecule has 1 aromatic heterocycles. The molecule has 132 valence electrons.